The Morgan fingerprint density at radius 1 is 1.32 bits per heavy atom. The first-order valence-corrected chi connectivity index (χ1v) is 7.41. The quantitative estimate of drug-likeness (QED) is 0.770. The number of carbonyl (C=O) groups excluding carboxylic acids is 1. The Balaban J connectivity index is 1.74. The molecule has 6 nitrogen and oxygen atoms in total. The van der Waals surface area contributed by atoms with E-state index in [1.165, 1.54) is 11.3 Å². The molecule has 3 aromatic rings. The van der Waals surface area contributed by atoms with Crippen molar-refractivity contribution in [1.29, 1.82) is 0 Å². The normalized spacial score (nSPS) is 10.6. The molecular weight excluding hydrogens is 300 g/mol. The first-order valence-electron chi connectivity index (χ1n) is 6.60. The number of methoxy groups -OCH3 is 1. The predicted molar refractivity (Wildman–Crippen MR) is 86.0 cm³/mol. The standard InChI is InChI=1S/C15H14N4O2S/c1-21-10-4-2-9(3-5-10)8-17-14(20)13-12(16)11-6-7-18-19-15(11)22-13/h2-7H,8,16H2,1H3,(H,17,20). The fourth-order valence-corrected chi connectivity index (χ4v) is 3.00. The summed E-state index contributed by atoms with van der Waals surface area (Å²) >= 11 is 1.24. The number of rotatable bonds is 4. The Kier molecular flexibility index (Phi) is 3.88. The van der Waals surface area contributed by atoms with Crippen molar-refractivity contribution in [2.45, 2.75) is 6.54 Å². The van der Waals surface area contributed by atoms with Crippen LogP contribution in [0.25, 0.3) is 10.2 Å². The highest BCUT2D eigenvalue weighted by molar-refractivity contribution is 7.21. The number of nitrogens with zero attached hydrogens (tertiary/aromatic N) is 2. The van der Waals surface area contributed by atoms with Crippen LogP contribution in [0.2, 0.25) is 0 Å². The van der Waals surface area contributed by atoms with Crippen LogP contribution in [0.1, 0.15) is 15.2 Å². The van der Waals surface area contributed by atoms with Gasteiger partial charge in [-0.1, -0.05) is 12.1 Å². The summed E-state index contributed by atoms with van der Waals surface area (Å²) in [6, 6.07) is 9.27. The zero-order chi connectivity index (χ0) is 15.5. The number of hydrogen-bond donors (Lipinski definition) is 2. The molecule has 3 N–H and O–H groups in total. The lowest BCUT2D eigenvalue weighted by atomic mass is 10.2. The summed E-state index contributed by atoms with van der Waals surface area (Å²) in [5.41, 5.74) is 7.44. The number of thiophene rings is 1. The second-order valence-electron chi connectivity index (χ2n) is 4.63. The van der Waals surface area contributed by atoms with Crippen molar-refractivity contribution >= 4 is 33.1 Å². The fourth-order valence-electron chi connectivity index (χ4n) is 2.05. The zero-order valence-corrected chi connectivity index (χ0v) is 12.7. The van der Waals surface area contributed by atoms with E-state index >= 15 is 0 Å². The van der Waals surface area contributed by atoms with Crippen LogP contribution in [0.4, 0.5) is 5.69 Å². The molecule has 112 valence electrons. The van der Waals surface area contributed by atoms with Crippen LogP contribution >= 0.6 is 11.3 Å². The number of anilines is 1. The zero-order valence-electron chi connectivity index (χ0n) is 11.9. The molecule has 0 bridgehead atoms. The van der Waals surface area contributed by atoms with Gasteiger partial charge in [0.25, 0.3) is 5.91 Å². The third-order valence-corrected chi connectivity index (χ3v) is 4.34. The molecule has 0 aliphatic carbocycles. The summed E-state index contributed by atoms with van der Waals surface area (Å²) in [4.78, 5) is 13.4. The van der Waals surface area contributed by atoms with E-state index in [0.29, 0.717) is 21.9 Å². The largest absolute Gasteiger partial charge is 0.497 e. The number of hydrogen-bond acceptors (Lipinski definition) is 6. The highest BCUT2D eigenvalue weighted by atomic mass is 32.1. The molecule has 0 saturated carbocycles. The van der Waals surface area contributed by atoms with E-state index in [1.54, 1.807) is 19.4 Å². The average molecular weight is 314 g/mol. The molecule has 0 aliphatic rings. The molecule has 1 aromatic carbocycles. The van der Waals surface area contributed by atoms with Crippen LogP contribution in [0.15, 0.2) is 36.5 Å². The van der Waals surface area contributed by atoms with Gasteiger partial charge in [-0.2, -0.15) is 5.10 Å². The summed E-state index contributed by atoms with van der Waals surface area (Å²) in [5, 5.41) is 11.4. The van der Waals surface area contributed by atoms with Crippen molar-refractivity contribution in [2.24, 2.45) is 0 Å². The Labute approximate surface area is 130 Å². The van der Waals surface area contributed by atoms with Gasteiger partial charge in [-0.15, -0.1) is 16.4 Å². The van der Waals surface area contributed by atoms with Gasteiger partial charge in [0, 0.05) is 11.9 Å². The summed E-state index contributed by atoms with van der Waals surface area (Å²) in [6.07, 6.45) is 1.56. The van der Waals surface area contributed by atoms with Gasteiger partial charge in [0.05, 0.1) is 19.0 Å². The van der Waals surface area contributed by atoms with Crippen molar-refractivity contribution in [1.82, 2.24) is 15.5 Å². The maximum absolute atomic E-state index is 12.3. The van der Waals surface area contributed by atoms with Gasteiger partial charge in [0.1, 0.15) is 15.5 Å². The molecule has 0 atom stereocenters. The van der Waals surface area contributed by atoms with Crippen molar-refractivity contribution in [2.75, 3.05) is 12.8 Å². The number of carbonyl (C=O) groups is 1. The smallest absolute Gasteiger partial charge is 0.263 e. The second kappa shape index (κ2) is 5.98. The van der Waals surface area contributed by atoms with E-state index in [1.807, 2.05) is 24.3 Å². The van der Waals surface area contributed by atoms with Gasteiger partial charge in [-0.25, -0.2) is 0 Å². The predicted octanol–water partition coefficient (Wildman–Crippen LogP) is 2.21. The molecule has 7 heteroatoms. The van der Waals surface area contributed by atoms with Crippen LogP contribution in [0.5, 0.6) is 5.75 Å². The Hall–Kier alpha value is -2.67. The fraction of sp³-hybridized carbons (Fsp3) is 0.133. The second-order valence-corrected chi connectivity index (χ2v) is 5.62. The van der Waals surface area contributed by atoms with Gasteiger partial charge < -0.3 is 15.8 Å². The van der Waals surface area contributed by atoms with Crippen molar-refractivity contribution in [3.8, 4) is 5.75 Å². The summed E-state index contributed by atoms with van der Waals surface area (Å²) in [7, 11) is 1.61. The highest BCUT2D eigenvalue weighted by Gasteiger charge is 2.16. The SMILES string of the molecule is COc1ccc(CNC(=O)c2sc3nnccc3c2N)cc1. The number of fused-ring (bicyclic) bond motifs is 1. The van der Waals surface area contributed by atoms with Crippen LogP contribution in [-0.2, 0) is 6.54 Å². The molecule has 0 aliphatic heterocycles. The monoisotopic (exact) mass is 314 g/mol. The molecular formula is C15H14N4O2S. The first kappa shape index (κ1) is 14.3. The molecule has 0 spiro atoms. The molecule has 2 heterocycles. The lowest BCUT2D eigenvalue weighted by Gasteiger charge is -2.05. The third-order valence-electron chi connectivity index (χ3n) is 3.24. The first-order chi connectivity index (χ1) is 10.7. The van der Waals surface area contributed by atoms with Crippen molar-refractivity contribution in [3.63, 3.8) is 0 Å². The molecule has 2 aromatic heterocycles. The number of amides is 1. The van der Waals surface area contributed by atoms with Gasteiger partial charge >= 0.3 is 0 Å². The molecule has 1 amide bonds. The lowest BCUT2D eigenvalue weighted by molar-refractivity contribution is 0.0956. The number of nitrogens with two attached hydrogens (primary N) is 1. The van der Waals surface area contributed by atoms with E-state index in [0.717, 1.165) is 16.7 Å². The lowest BCUT2D eigenvalue weighted by Crippen LogP contribution is -2.22. The van der Waals surface area contributed by atoms with E-state index in [9.17, 15) is 4.79 Å². The number of nitrogen functional groups attached to an aromatic ring is 1. The van der Waals surface area contributed by atoms with Crippen molar-refractivity contribution < 1.29 is 9.53 Å². The molecule has 0 radical (unpaired) electrons. The number of nitrogens with one attached hydrogen (secondary N) is 1. The van der Waals surface area contributed by atoms with E-state index < -0.39 is 0 Å². The average Bonchev–Trinajstić information content (AvgIpc) is 2.90. The molecule has 0 saturated heterocycles. The van der Waals surface area contributed by atoms with Crippen LogP contribution < -0.4 is 15.8 Å². The van der Waals surface area contributed by atoms with Crippen LogP contribution in [0, 0.1) is 0 Å². The topological polar surface area (TPSA) is 90.1 Å². The summed E-state index contributed by atoms with van der Waals surface area (Å²) < 4.78 is 5.10. The number of aromatic nitrogens is 2. The molecule has 22 heavy (non-hydrogen) atoms. The Morgan fingerprint density at radius 2 is 2.09 bits per heavy atom. The minimum absolute atomic E-state index is 0.212. The van der Waals surface area contributed by atoms with Gasteiger partial charge in [-0.05, 0) is 23.8 Å². The summed E-state index contributed by atoms with van der Waals surface area (Å²) in [5.74, 6) is 0.568. The van der Waals surface area contributed by atoms with Crippen molar-refractivity contribution in [3.05, 3.63) is 47.0 Å². The minimum Gasteiger partial charge on any atom is -0.497 e. The van der Waals surface area contributed by atoms with Gasteiger partial charge in [-0.3, -0.25) is 4.79 Å². The Bertz CT molecular complexity index is 814. The molecule has 0 unspecified atom stereocenters. The summed E-state index contributed by atoms with van der Waals surface area (Å²) in [6.45, 7) is 0.419. The maximum Gasteiger partial charge on any atom is 0.263 e. The third kappa shape index (κ3) is 2.71. The van der Waals surface area contributed by atoms with Crippen LogP contribution in [-0.4, -0.2) is 23.2 Å². The van der Waals surface area contributed by atoms with Gasteiger partial charge in [0.2, 0.25) is 0 Å². The highest BCUT2D eigenvalue weighted by Crippen LogP contribution is 2.31. The molecule has 3 rings (SSSR count). The maximum atomic E-state index is 12.3. The molecule has 0 fully saturated rings. The van der Waals surface area contributed by atoms with Gasteiger partial charge in [0.15, 0.2) is 0 Å². The van der Waals surface area contributed by atoms with E-state index in [-0.39, 0.29) is 5.91 Å². The minimum atomic E-state index is -0.212. The van der Waals surface area contributed by atoms with Crippen LogP contribution in [0.3, 0.4) is 0 Å². The van der Waals surface area contributed by atoms with E-state index in [4.69, 9.17) is 10.5 Å². The number of ether oxygens (including phenoxy) is 1. The van der Waals surface area contributed by atoms with E-state index in [2.05, 4.69) is 15.5 Å². The Morgan fingerprint density at radius 3 is 2.77 bits per heavy atom. The number of benzene rings is 1.